The molecule has 0 bridgehead atoms. The molecule has 0 heterocycles. The van der Waals surface area contributed by atoms with Crippen LogP contribution in [0.3, 0.4) is 0 Å². The van der Waals surface area contributed by atoms with Crippen molar-refractivity contribution < 1.29 is 29.3 Å². The van der Waals surface area contributed by atoms with Crippen molar-refractivity contribution in [1.82, 2.24) is 0 Å². The highest BCUT2D eigenvalue weighted by molar-refractivity contribution is 5.70. The Labute approximate surface area is 326 Å². The lowest BCUT2D eigenvalue weighted by Gasteiger charge is -2.15. The van der Waals surface area contributed by atoms with Gasteiger partial charge in [0.2, 0.25) is 0 Å². The summed E-state index contributed by atoms with van der Waals surface area (Å²) in [5.41, 5.74) is 0. The Balaban J connectivity index is 3.70. The lowest BCUT2D eigenvalue weighted by molar-refractivity contribution is -0.161. The van der Waals surface area contributed by atoms with Gasteiger partial charge >= 0.3 is 11.9 Å². The quantitative estimate of drug-likeness (QED) is 0.0283. The van der Waals surface area contributed by atoms with Crippen LogP contribution in [0, 0.1) is 0 Å². The summed E-state index contributed by atoms with van der Waals surface area (Å²) in [6.07, 6.45) is 52.9. The Morgan fingerprint density at radius 1 is 0.547 bits per heavy atom. The van der Waals surface area contributed by atoms with E-state index in [-0.39, 0.29) is 31.6 Å². The van der Waals surface area contributed by atoms with E-state index >= 15 is 0 Å². The molecule has 1 unspecified atom stereocenters. The van der Waals surface area contributed by atoms with Crippen molar-refractivity contribution in [3.63, 3.8) is 0 Å². The molecule has 0 aliphatic heterocycles. The van der Waals surface area contributed by atoms with Crippen LogP contribution >= 0.6 is 0 Å². The first-order valence-electron chi connectivity index (χ1n) is 21.6. The molecule has 2 N–H and O–H groups in total. The van der Waals surface area contributed by atoms with Gasteiger partial charge in [-0.3, -0.25) is 9.59 Å². The van der Waals surface area contributed by atoms with Crippen LogP contribution < -0.4 is 0 Å². The Hall–Kier alpha value is -2.70. The van der Waals surface area contributed by atoms with E-state index in [0.29, 0.717) is 19.3 Å². The number of hydrogen-bond acceptors (Lipinski definition) is 6. The fourth-order valence-electron chi connectivity index (χ4n) is 5.84. The van der Waals surface area contributed by atoms with E-state index in [1.54, 1.807) is 6.08 Å². The standard InChI is InChI=1S/C47H80O6/c1-3-5-7-9-11-12-13-14-15-16-17-18-19-20-21-26-29-33-37-41-47(51)53-45(42-48)43-52-46(50)40-36-32-28-25-23-22-24-27-31-35-39-44(49)38-34-30-10-8-6-4-2/h6,8,22-23,27-28,30-32,34-35,39,44-45,48-49H,3-5,7,9-21,24-26,29,33,36-38,40-43H2,1-2H3/b8-6-,23-22-,31-27-,32-28-,34-30-,39-35+/t44?,45-/m0/s1. The van der Waals surface area contributed by atoms with E-state index in [1.807, 2.05) is 36.5 Å². The third kappa shape index (κ3) is 40.3. The second-order valence-corrected chi connectivity index (χ2v) is 14.2. The fraction of sp³-hybridized carbons (Fsp3) is 0.702. The molecule has 0 aromatic rings. The SMILES string of the molecule is CC/C=C\C/C=C\CC(O)/C=C/C=C\C/C=C\C/C=C\CCC(=O)OC[C@H](CO)OC(=O)CCCCCCCCCCCCCCCCCCCCC. The maximum Gasteiger partial charge on any atom is 0.306 e. The van der Waals surface area contributed by atoms with Crippen molar-refractivity contribution in [2.45, 2.75) is 199 Å². The van der Waals surface area contributed by atoms with Gasteiger partial charge in [0.15, 0.2) is 6.10 Å². The highest BCUT2D eigenvalue weighted by Gasteiger charge is 2.15. The zero-order valence-electron chi connectivity index (χ0n) is 34.1. The van der Waals surface area contributed by atoms with Crippen LogP contribution in [0.15, 0.2) is 72.9 Å². The largest absolute Gasteiger partial charge is 0.462 e. The maximum atomic E-state index is 12.2. The summed E-state index contributed by atoms with van der Waals surface area (Å²) in [5, 5.41) is 19.5. The molecular weight excluding hydrogens is 661 g/mol. The number of ether oxygens (including phenoxy) is 2. The van der Waals surface area contributed by atoms with E-state index in [0.717, 1.165) is 44.9 Å². The average molecular weight is 741 g/mol. The van der Waals surface area contributed by atoms with Crippen LogP contribution in [0.2, 0.25) is 0 Å². The molecule has 0 saturated carbocycles. The van der Waals surface area contributed by atoms with Gasteiger partial charge in [0, 0.05) is 12.8 Å². The fourth-order valence-corrected chi connectivity index (χ4v) is 5.84. The smallest absolute Gasteiger partial charge is 0.306 e. The predicted octanol–water partition coefficient (Wildman–Crippen LogP) is 12.7. The summed E-state index contributed by atoms with van der Waals surface area (Å²) < 4.78 is 10.6. The highest BCUT2D eigenvalue weighted by atomic mass is 16.6. The Kier molecular flexibility index (Phi) is 39.9. The van der Waals surface area contributed by atoms with Gasteiger partial charge in [-0.05, 0) is 44.9 Å². The highest BCUT2D eigenvalue weighted by Crippen LogP contribution is 2.15. The lowest BCUT2D eigenvalue weighted by atomic mass is 10.0. The minimum absolute atomic E-state index is 0.123. The number of hydrogen-bond donors (Lipinski definition) is 2. The summed E-state index contributed by atoms with van der Waals surface area (Å²) in [5.74, 6) is -0.717. The molecule has 6 heteroatoms. The van der Waals surface area contributed by atoms with Crippen molar-refractivity contribution in [3.05, 3.63) is 72.9 Å². The number of carbonyl (C=O) groups is 2. The summed E-state index contributed by atoms with van der Waals surface area (Å²) in [7, 11) is 0. The van der Waals surface area contributed by atoms with Crippen molar-refractivity contribution in [1.29, 1.82) is 0 Å². The average Bonchev–Trinajstić information content (AvgIpc) is 3.16. The third-order valence-electron chi connectivity index (χ3n) is 9.11. The molecule has 0 saturated heterocycles. The van der Waals surface area contributed by atoms with Gasteiger partial charge in [-0.15, -0.1) is 0 Å². The van der Waals surface area contributed by atoms with Crippen LogP contribution in [-0.2, 0) is 19.1 Å². The van der Waals surface area contributed by atoms with Crippen molar-refractivity contribution >= 4 is 11.9 Å². The van der Waals surface area contributed by atoms with Crippen LogP contribution in [-0.4, -0.2) is 47.6 Å². The van der Waals surface area contributed by atoms with Crippen LogP contribution in [0.25, 0.3) is 0 Å². The molecule has 0 aliphatic rings. The first kappa shape index (κ1) is 50.3. The van der Waals surface area contributed by atoms with E-state index in [4.69, 9.17) is 9.47 Å². The first-order valence-corrected chi connectivity index (χ1v) is 21.6. The zero-order chi connectivity index (χ0) is 38.7. The van der Waals surface area contributed by atoms with Gasteiger partial charge in [-0.2, -0.15) is 0 Å². The molecule has 0 aromatic heterocycles. The van der Waals surface area contributed by atoms with Crippen LogP contribution in [0.1, 0.15) is 187 Å². The summed E-state index contributed by atoms with van der Waals surface area (Å²) in [6, 6.07) is 0. The zero-order valence-corrected chi connectivity index (χ0v) is 34.1. The van der Waals surface area contributed by atoms with E-state index < -0.39 is 12.2 Å². The van der Waals surface area contributed by atoms with E-state index in [9.17, 15) is 19.8 Å². The number of allylic oxidation sites excluding steroid dienone is 10. The lowest BCUT2D eigenvalue weighted by Crippen LogP contribution is -2.28. The normalized spacial score (nSPS) is 13.5. The number of rotatable bonds is 38. The first-order chi connectivity index (χ1) is 26.0. The van der Waals surface area contributed by atoms with Gasteiger partial charge in [0.05, 0.1) is 12.7 Å². The summed E-state index contributed by atoms with van der Waals surface area (Å²) in [4.78, 5) is 24.3. The Morgan fingerprint density at radius 2 is 1.04 bits per heavy atom. The van der Waals surface area contributed by atoms with E-state index in [1.165, 1.54) is 103 Å². The number of unbranched alkanes of at least 4 members (excludes halogenated alkanes) is 18. The van der Waals surface area contributed by atoms with Crippen molar-refractivity contribution in [2.75, 3.05) is 13.2 Å². The molecule has 0 aliphatic carbocycles. The van der Waals surface area contributed by atoms with Crippen molar-refractivity contribution in [3.8, 4) is 0 Å². The second kappa shape index (κ2) is 42.0. The van der Waals surface area contributed by atoms with Gasteiger partial charge in [-0.1, -0.05) is 202 Å². The van der Waals surface area contributed by atoms with Crippen LogP contribution in [0.4, 0.5) is 0 Å². The molecule has 304 valence electrons. The molecular formula is C47H80O6. The number of aliphatic hydroxyl groups excluding tert-OH is 2. The second-order valence-electron chi connectivity index (χ2n) is 14.2. The predicted molar refractivity (Wildman–Crippen MR) is 225 cm³/mol. The van der Waals surface area contributed by atoms with Gasteiger partial charge in [-0.25, -0.2) is 0 Å². The summed E-state index contributed by atoms with van der Waals surface area (Å²) >= 11 is 0. The Morgan fingerprint density at radius 3 is 1.58 bits per heavy atom. The maximum absolute atomic E-state index is 12.2. The Bertz CT molecular complexity index is 991. The summed E-state index contributed by atoms with van der Waals surface area (Å²) in [6.45, 7) is 3.90. The number of carbonyl (C=O) groups excluding carboxylic acids is 2. The van der Waals surface area contributed by atoms with Crippen LogP contribution in [0.5, 0.6) is 0 Å². The van der Waals surface area contributed by atoms with Gasteiger partial charge in [0.25, 0.3) is 0 Å². The molecule has 0 radical (unpaired) electrons. The monoisotopic (exact) mass is 741 g/mol. The molecule has 0 amide bonds. The third-order valence-corrected chi connectivity index (χ3v) is 9.11. The topological polar surface area (TPSA) is 93.1 Å². The van der Waals surface area contributed by atoms with Gasteiger partial charge in [0.1, 0.15) is 6.61 Å². The minimum Gasteiger partial charge on any atom is -0.462 e. The molecule has 0 spiro atoms. The molecule has 53 heavy (non-hydrogen) atoms. The number of esters is 2. The van der Waals surface area contributed by atoms with E-state index in [2.05, 4.69) is 44.2 Å². The molecule has 2 atom stereocenters. The number of aliphatic hydroxyl groups is 2. The van der Waals surface area contributed by atoms with Crippen molar-refractivity contribution in [2.24, 2.45) is 0 Å². The molecule has 0 rings (SSSR count). The van der Waals surface area contributed by atoms with Gasteiger partial charge < -0.3 is 19.7 Å². The molecule has 6 nitrogen and oxygen atoms in total. The minimum atomic E-state index is -0.817. The molecule has 0 aromatic carbocycles. The molecule has 0 fully saturated rings.